The van der Waals surface area contributed by atoms with Crippen LogP contribution in [0.3, 0.4) is 0 Å². The number of carbonyl (C=O) groups is 2. The SMILES string of the molecule is COc1cc(Nc2ncc3c(n2)-c2ccc(Cl)cc2C(c2c(F)cccc2OC)=NC3)ccc1C(=O)NCCCCCC(=O)[O-].[K+]. The summed E-state index contributed by atoms with van der Waals surface area (Å²) >= 11 is 6.40. The molecule has 0 spiro atoms. The number of nitrogens with zero attached hydrogens (tertiary/aromatic N) is 3. The number of hydrogen-bond donors (Lipinski definition) is 2. The molecule has 0 bridgehead atoms. The molecule has 13 heteroatoms. The molecule has 10 nitrogen and oxygen atoms in total. The van der Waals surface area contributed by atoms with Crippen LogP contribution in [0.15, 0.2) is 65.8 Å². The van der Waals surface area contributed by atoms with Crippen LogP contribution >= 0.6 is 11.6 Å². The quantitative estimate of drug-likeness (QED) is 0.173. The predicted octanol–water partition coefficient (Wildman–Crippen LogP) is 2.09. The van der Waals surface area contributed by atoms with Crippen molar-refractivity contribution in [2.45, 2.75) is 32.2 Å². The summed E-state index contributed by atoms with van der Waals surface area (Å²) < 4.78 is 26.1. The number of methoxy groups -OCH3 is 2. The molecule has 232 valence electrons. The van der Waals surface area contributed by atoms with Crippen LogP contribution in [-0.2, 0) is 11.3 Å². The van der Waals surface area contributed by atoms with Gasteiger partial charge < -0.3 is 30.0 Å². The maximum Gasteiger partial charge on any atom is 1.00 e. The van der Waals surface area contributed by atoms with E-state index in [0.29, 0.717) is 76.1 Å². The Morgan fingerprint density at radius 2 is 1.80 bits per heavy atom. The molecule has 2 N–H and O–H groups in total. The van der Waals surface area contributed by atoms with Crippen molar-refractivity contribution < 1.29 is 79.9 Å². The van der Waals surface area contributed by atoms with Gasteiger partial charge in [0.2, 0.25) is 5.95 Å². The van der Waals surface area contributed by atoms with E-state index < -0.39 is 11.8 Å². The van der Waals surface area contributed by atoms with E-state index in [1.165, 1.54) is 20.3 Å². The second-order valence-electron chi connectivity index (χ2n) is 10.2. The number of rotatable bonds is 12. The van der Waals surface area contributed by atoms with Crippen molar-refractivity contribution in [2.24, 2.45) is 4.99 Å². The zero-order valence-corrected chi connectivity index (χ0v) is 29.5. The number of nitrogens with one attached hydrogen (secondary N) is 2. The maximum absolute atomic E-state index is 15.2. The monoisotopic (exact) mass is 669 g/mol. The normalized spacial score (nSPS) is 11.6. The van der Waals surface area contributed by atoms with Gasteiger partial charge in [0, 0.05) is 52.2 Å². The summed E-state index contributed by atoms with van der Waals surface area (Å²) in [7, 11) is 2.95. The molecule has 1 aliphatic heterocycles. The number of anilines is 2. The molecule has 1 amide bonds. The molecule has 0 radical (unpaired) electrons. The minimum absolute atomic E-state index is 0. The number of amides is 1. The van der Waals surface area contributed by atoms with Gasteiger partial charge in [-0.05, 0) is 55.7 Å². The fourth-order valence-electron chi connectivity index (χ4n) is 5.06. The maximum atomic E-state index is 15.2. The van der Waals surface area contributed by atoms with Crippen LogP contribution in [0.25, 0.3) is 11.3 Å². The number of carbonyl (C=O) groups excluding carboxylic acids is 2. The minimum Gasteiger partial charge on any atom is -0.550 e. The molecule has 0 unspecified atom stereocenters. The molecule has 1 aliphatic rings. The van der Waals surface area contributed by atoms with Gasteiger partial charge >= 0.3 is 51.4 Å². The number of benzene rings is 3. The van der Waals surface area contributed by atoms with Crippen LogP contribution in [-0.4, -0.2) is 48.3 Å². The van der Waals surface area contributed by atoms with Crippen LogP contribution < -0.4 is 76.6 Å². The van der Waals surface area contributed by atoms with E-state index in [9.17, 15) is 14.7 Å². The third-order valence-corrected chi connectivity index (χ3v) is 7.48. The molecule has 3 aromatic carbocycles. The third kappa shape index (κ3) is 8.30. The summed E-state index contributed by atoms with van der Waals surface area (Å²) in [4.78, 5) is 37.3. The molecule has 0 fully saturated rings. The molecule has 0 aliphatic carbocycles. The van der Waals surface area contributed by atoms with Crippen LogP contribution in [0.2, 0.25) is 5.02 Å². The third-order valence-electron chi connectivity index (χ3n) is 7.24. The first-order valence-corrected chi connectivity index (χ1v) is 14.6. The van der Waals surface area contributed by atoms with Crippen LogP contribution in [0.1, 0.15) is 52.7 Å². The molecule has 0 atom stereocenters. The minimum atomic E-state index is -1.08. The summed E-state index contributed by atoms with van der Waals surface area (Å²) in [5.41, 5.74) is 4.20. The fourth-order valence-corrected chi connectivity index (χ4v) is 5.23. The van der Waals surface area contributed by atoms with Gasteiger partial charge in [0.15, 0.2) is 0 Å². The van der Waals surface area contributed by atoms with Gasteiger partial charge in [0.1, 0.15) is 17.3 Å². The van der Waals surface area contributed by atoms with Crippen LogP contribution in [0, 0.1) is 5.82 Å². The Morgan fingerprint density at radius 1 is 1.00 bits per heavy atom. The van der Waals surface area contributed by atoms with Gasteiger partial charge in [0.25, 0.3) is 5.91 Å². The van der Waals surface area contributed by atoms with Crippen LogP contribution in [0.4, 0.5) is 16.0 Å². The Hall–Kier alpha value is -3.39. The number of ether oxygens (including phenoxy) is 2. The Bertz CT molecular complexity index is 1790. The van der Waals surface area contributed by atoms with E-state index in [1.54, 1.807) is 48.7 Å². The summed E-state index contributed by atoms with van der Waals surface area (Å²) in [6.45, 7) is 0.600. The van der Waals surface area contributed by atoms with Gasteiger partial charge in [-0.25, -0.2) is 14.4 Å². The molecule has 5 rings (SSSR count). The van der Waals surface area contributed by atoms with Gasteiger partial charge in [-0.2, -0.15) is 0 Å². The molecular weight excluding hydrogens is 640 g/mol. The molecule has 0 saturated carbocycles. The average Bonchev–Trinajstić information content (AvgIpc) is 3.18. The predicted molar refractivity (Wildman–Crippen MR) is 167 cm³/mol. The number of carboxylic acid groups (broad SMARTS) is 1. The van der Waals surface area contributed by atoms with E-state index in [-0.39, 0.29) is 81.8 Å². The number of carboxylic acids is 1. The van der Waals surface area contributed by atoms with E-state index in [0.717, 1.165) is 5.56 Å². The van der Waals surface area contributed by atoms with Gasteiger partial charge in [-0.15, -0.1) is 0 Å². The largest absolute Gasteiger partial charge is 1.00 e. The topological polar surface area (TPSA) is 138 Å². The summed E-state index contributed by atoms with van der Waals surface area (Å²) in [6.07, 6.45) is 3.48. The summed E-state index contributed by atoms with van der Waals surface area (Å²) in [5.74, 6) is -0.875. The van der Waals surface area contributed by atoms with Crippen molar-refractivity contribution in [2.75, 3.05) is 26.1 Å². The molecule has 2 heterocycles. The Balaban J connectivity index is 0.00000480. The van der Waals surface area contributed by atoms with E-state index in [1.807, 2.05) is 6.07 Å². The second-order valence-corrected chi connectivity index (χ2v) is 10.7. The number of fused-ring (bicyclic) bond motifs is 3. The molecule has 4 aromatic rings. The van der Waals surface area contributed by atoms with Crippen molar-refractivity contribution >= 4 is 40.8 Å². The first-order chi connectivity index (χ1) is 21.8. The number of aliphatic imine (C=N–C) groups is 1. The van der Waals surface area contributed by atoms with Crippen molar-refractivity contribution in [1.82, 2.24) is 15.3 Å². The fraction of sp³-hybridized carbons (Fsp3) is 0.242. The number of halogens is 2. The van der Waals surface area contributed by atoms with Crippen molar-refractivity contribution in [1.29, 1.82) is 0 Å². The van der Waals surface area contributed by atoms with Crippen molar-refractivity contribution in [3.8, 4) is 22.8 Å². The number of aliphatic carboxylic acids is 1. The Labute approximate surface area is 313 Å². The van der Waals surface area contributed by atoms with Gasteiger partial charge in [0.05, 0.1) is 43.3 Å². The van der Waals surface area contributed by atoms with Gasteiger partial charge in [-0.1, -0.05) is 30.2 Å². The van der Waals surface area contributed by atoms with Crippen molar-refractivity contribution in [3.05, 3.63) is 93.9 Å². The zero-order valence-electron chi connectivity index (χ0n) is 25.7. The zero-order chi connectivity index (χ0) is 31.9. The summed E-state index contributed by atoms with van der Waals surface area (Å²) in [5, 5.41) is 17.0. The first-order valence-electron chi connectivity index (χ1n) is 14.3. The molecule has 1 aromatic heterocycles. The second kappa shape index (κ2) is 16.4. The summed E-state index contributed by atoms with van der Waals surface area (Å²) in [6, 6.07) is 14.9. The molecule has 0 saturated heterocycles. The number of aromatic nitrogens is 2. The molecular formula is C33H30ClFKN5O5. The van der Waals surface area contributed by atoms with Gasteiger partial charge in [-0.3, -0.25) is 9.79 Å². The average molecular weight is 670 g/mol. The smallest absolute Gasteiger partial charge is 0.550 e. The van der Waals surface area contributed by atoms with Crippen LogP contribution in [0.5, 0.6) is 11.5 Å². The van der Waals surface area contributed by atoms with Crippen molar-refractivity contribution in [3.63, 3.8) is 0 Å². The van der Waals surface area contributed by atoms with E-state index in [2.05, 4.69) is 15.6 Å². The number of hydrogen-bond acceptors (Lipinski definition) is 9. The van der Waals surface area contributed by atoms with E-state index in [4.69, 9.17) is 31.1 Å². The standard InChI is InChI=1S/C33H31ClFN5O5.K/c1-44-26-8-6-7-25(35)29(26)31-24-15-20(34)10-12-22(24)30-19(17-37-31)18-38-33(40-30)39-21-11-13-23(27(16-21)45-2)32(43)36-14-5-3-4-9-28(41)42;/h6-8,10-13,15-16,18H,3-5,9,14,17H2,1-2H3,(H,36,43)(H,41,42)(H,38,39,40);/q;+1/p-1. The molecule has 46 heavy (non-hydrogen) atoms. The van der Waals surface area contributed by atoms with E-state index >= 15 is 4.39 Å². The Kier molecular flexibility index (Phi) is 12.7. The number of unbranched alkanes of at least 4 members (excludes halogenated alkanes) is 2. The Morgan fingerprint density at radius 3 is 2.57 bits per heavy atom. The first kappa shape index (κ1) is 35.5.